The van der Waals surface area contributed by atoms with E-state index in [0.717, 1.165) is 10.4 Å². The minimum Gasteiger partial charge on any atom is -0.476 e. The van der Waals surface area contributed by atoms with Crippen LogP contribution in [0.5, 0.6) is 0 Å². The van der Waals surface area contributed by atoms with Gasteiger partial charge >= 0.3 is 0 Å². The lowest BCUT2D eigenvalue weighted by atomic mass is 9.86. The van der Waals surface area contributed by atoms with Crippen molar-refractivity contribution in [1.29, 1.82) is 0 Å². The van der Waals surface area contributed by atoms with Gasteiger partial charge in [0.05, 0.1) is 16.8 Å². The molecule has 4 N–H and O–H groups in total. The van der Waals surface area contributed by atoms with Gasteiger partial charge in [-0.15, -0.1) is 11.3 Å². The Kier molecular flexibility index (Phi) is 3.88. The van der Waals surface area contributed by atoms with Crippen LogP contribution >= 0.6 is 11.3 Å². The SMILES string of the molecule is CC1OC=C(C(N)=O)N1c1sc2c(c1C(N)=O)CC(C)(C)OC2(C)C. The minimum absolute atomic E-state index is 0.201. The molecule has 2 aliphatic rings. The van der Waals surface area contributed by atoms with Gasteiger partial charge in [0.1, 0.15) is 17.0 Å². The summed E-state index contributed by atoms with van der Waals surface area (Å²) in [5, 5.41) is 0.571. The van der Waals surface area contributed by atoms with Gasteiger partial charge in [0, 0.05) is 11.3 Å². The molecule has 0 saturated carbocycles. The Labute approximate surface area is 150 Å². The van der Waals surface area contributed by atoms with Gasteiger partial charge in [0.2, 0.25) is 0 Å². The van der Waals surface area contributed by atoms with Crippen LogP contribution in [-0.2, 0) is 26.3 Å². The number of amides is 2. The van der Waals surface area contributed by atoms with Crippen molar-refractivity contribution in [2.45, 2.75) is 58.5 Å². The van der Waals surface area contributed by atoms with Crippen LogP contribution in [0.1, 0.15) is 55.4 Å². The second-order valence-corrected chi connectivity index (χ2v) is 8.47. The van der Waals surface area contributed by atoms with Crippen molar-refractivity contribution < 1.29 is 19.1 Å². The van der Waals surface area contributed by atoms with Crippen LogP contribution in [0.2, 0.25) is 0 Å². The highest BCUT2D eigenvalue weighted by Gasteiger charge is 2.45. The fraction of sp³-hybridized carbons (Fsp3) is 0.529. The van der Waals surface area contributed by atoms with Gasteiger partial charge in [0.25, 0.3) is 11.8 Å². The maximum absolute atomic E-state index is 12.3. The molecule has 25 heavy (non-hydrogen) atoms. The molecular weight excluding hydrogens is 342 g/mol. The summed E-state index contributed by atoms with van der Waals surface area (Å²) >= 11 is 1.39. The van der Waals surface area contributed by atoms with Crippen molar-refractivity contribution in [2.24, 2.45) is 11.5 Å². The number of anilines is 1. The lowest BCUT2D eigenvalue weighted by molar-refractivity contribution is -0.135. The largest absolute Gasteiger partial charge is 0.476 e. The third-order valence-electron chi connectivity index (χ3n) is 4.39. The lowest BCUT2D eigenvalue weighted by Crippen LogP contribution is -2.42. The summed E-state index contributed by atoms with van der Waals surface area (Å²) in [5.41, 5.74) is 11.7. The first-order valence-corrected chi connectivity index (χ1v) is 8.87. The molecule has 0 bridgehead atoms. The molecule has 3 heterocycles. The zero-order chi connectivity index (χ0) is 18.7. The molecule has 1 unspecified atom stereocenters. The van der Waals surface area contributed by atoms with Crippen LogP contribution < -0.4 is 16.4 Å². The molecule has 0 aliphatic carbocycles. The van der Waals surface area contributed by atoms with Crippen molar-refractivity contribution >= 4 is 28.2 Å². The summed E-state index contributed by atoms with van der Waals surface area (Å²) < 4.78 is 11.6. The topological polar surface area (TPSA) is 108 Å². The van der Waals surface area contributed by atoms with Crippen LogP contribution in [0.25, 0.3) is 0 Å². The van der Waals surface area contributed by atoms with E-state index in [1.807, 2.05) is 27.7 Å². The van der Waals surface area contributed by atoms with Crippen LogP contribution in [0, 0.1) is 0 Å². The van der Waals surface area contributed by atoms with Crippen LogP contribution in [0.4, 0.5) is 5.00 Å². The summed E-state index contributed by atoms with van der Waals surface area (Å²) in [6, 6.07) is 0. The summed E-state index contributed by atoms with van der Waals surface area (Å²) in [7, 11) is 0. The Hall–Kier alpha value is -2.06. The van der Waals surface area contributed by atoms with E-state index in [1.54, 1.807) is 11.8 Å². The van der Waals surface area contributed by atoms with Crippen molar-refractivity contribution in [3.8, 4) is 0 Å². The summed E-state index contributed by atoms with van der Waals surface area (Å²) in [5.74, 6) is -1.16. The number of primary amides is 2. The van der Waals surface area contributed by atoms with Crippen LogP contribution in [0.3, 0.4) is 0 Å². The van der Waals surface area contributed by atoms with E-state index >= 15 is 0 Å². The average molecular weight is 365 g/mol. The van der Waals surface area contributed by atoms with E-state index in [9.17, 15) is 9.59 Å². The van der Waals surface area contributed by atoms with E-state index in [2.05, 4.69) is 0 Å². The van der Waals surface area contributed by atoms with Gasteiger partial charge in [-0.3, -0.25) is 14.5 Å². The molecule has 1 atom stereocenters. The van der Waals surface area contributed by atoms with Gasteiger partial charge in [-0.2, -0.15) is 0 Å². The molecule has 0 aromatic carbocycles. The average Bonchev–Trinajstić information content (AvgIpc) is 2.97. The molecular formula is C17H23N3O4S. The molecule has 0 radical (unpaired) electrons. The number of hydrogen-bond acceptors (Lipinski definition) is 6. The molecule has 1 aromatic rings. The Morgan fingerprint density at radius 2 is 1.88 bits per heavy atom. The number of carbonyl (C=O) groups is 2. The number of ether oxygens (including phenoxy) is 2. The molecule has 1 aromatic heterocycles. The third kappa shape index (κ3) is 2.79. The second kappa shape index (κ2) is 5.47. The van der Waals surface area contributed by atoms with E-state index in [0.29, 0.717) is 17.0 Å². The van der Waals surface area contributed by atoms with Crippen molar-refractivity contribution in [3.05, 3.63) is 28.0 Å². The van der Waals surface area contributed by atoms with Crippen molar-refractivity contribution in [1.82, 2.24) is 0 Å². The molecule has 8 heteroatoms. The van der Waals surface area contributed by atoms with E-state index in [1.165, 1.54) is 17.6 Å². The second-order valence-electron chi connectivity index (χ2n) is 7.48. The monoisotopic (exact) mass is 365 g/mol. The fourth-order valence-corrected chi connectivity index (χ4v) is 5.11. The normalized spacial score (nSPS) is 23.6. The van der Waals surface area contributed by atoms with Crippen molar-refractivity contribution in [2.75, 3.05) is 4.90 Å². The molecule has 7 nitrogen and oxygen atoms in total. The van der Waals surface area contributed by atoms with Gasteiger partial charge in [0.15, 0.2) is 6.23 Å². The maximum Gasteiger partial charge on any atom is 0.268 e. The van der Waals surface area contributed by atoms with E-state index < -0.39 is 29.2 Å². The van der Waals surface area contributed by atoms with E-state index in [4.69, 9.17) is 20.9 Å². The Morgan fingerprint density at radius 1 is 1.24 bits per heavy atom. The zero-order valence-electron chi connectivity index (χ0n) is 15.0. The number of nitrogens with two attached hydrogens (primary N) is 2. The number of fused-ring (bicyclic) bond motifs is 1. The minimum atomic E-state index is -0.623. The van der Waals surface area contributed by atoms with Gasteiger partial charge in [-0.25, -0.2) is 0 Å². The molecule has 3 rings (SSSR count). The highest BCUT2D eigenvalue weighted by Crippen LogP contribution is 2.50. The number of nitrogens with zero attached hydrogens (tertiary/aromatic N) is 1. The third-order valence-corrected chi connectivity index (χ3v) is 5.92. The van der Waals surface area contributed by atoms with E-state index in [-0.39, 0.29) is 5.70 Å². The molecule has 2 aliphatic heterocycles. The van der Waals surface area contributed by atoms with Crippen LogP contribution in [-0.4, -0.2) is 23.6 Å². The number of thiophene rings is 1. The summed E-state index contributed by atoms with van der Waals surface area (Å²) in [4.78, 5) is 26.6. The number of carbonyl (C=O) groups excluding carboxylic acids is 2. The summed E-state index contributed by atoms with van der Waals surface area (Å²) in [6.07, 6.45) is 1.42. The van der Waals surface area contributed by atoms with Gasteiger partial charge in [-0.1, -0.05) is 0 Å². The Bertz CT molecular complexity index is 794. The van der Waals surface area contributed by atoms with Gasteiger partial charge in [-0.05, 0) is 40.2 Å². The number of hydrogen-bond donors (Lipinski definition) is 2. The smallest absolute Gasteiger partial charge is 0.268 e. The Morgan fingerprint density at radius 3 is 2.44 bits per heavy atom. The first-order valence-electron chi connectivity index (χ1n) is 8.05. The van der Waals surface area contributed by atoms with Crippen LogP contribution in [0.15, 0.2) is 12.0 Å². The molecule has 0 fully saturated rings. The quantitative estimate of drug-likeness (QED) is 0.851. The fourth-order valence-electron chi connectivity index (χ4n) is 3.66. The van der Waals surface area contributed by atoms with Gasteiger partial charge < -0.3 is 20.9 Å². The molecule has 136 valence electrons. The molecule has 2 amide bonds. The summed E-state index contributed by atoms with van der Waals surface area (Å²) in [6.45, 7) is 9.67. The lowest BCUT2D eigenvalue weighted by Gasteiger charge is -2.41. The number of rotatable bonds is 3. The Balaban J connectivity index is 2.23. The molecule has 0 spiro atoms. The standard InChI is InChI=1S/C17H23N3O4S/c1-8-20(10(7-23-8)13(18)21)15-11(14(19)22)9-6-16(2,3)24-17(4,5)12(9)25-15/h7-8H,6H2,1-5H3,(H2,18,21)(H2,19,22). The first kappa shape index (κ1) is 17.8. The predicted molar refractivity (Wildman–Crippen MR) is 95.0 cm³/mol. The zero-order valence-corrected chi connectivity index (χ0v) is 15.8. The maximum atomic E-state index is 12.3. The highest BCUT2D eigenvalue weighted by atomic mass is 32.1. The predicted octanol–water partition coefficient (Wildman–Crippen LogP) is 1.94. The van der Waals surface area contributed by atoms with Crippen molar-refractivity contribution in [3.63, 3.8) is 0 Å². The molecule has 0 saturated heterocycles. The first-order chi connectivity index (χ1) is 11.4. The highest BCUT2D eigenvalue weighted by molar-refractivity contribution is 7.17.